The number of ether oxygens (including phenoxy) is 1. The third-order valence-electron chi connectivity index (χ3n) is 4.69. The molecule has 2 bridgehead atoms. The number of likely N-dealkylation sites (N-methyl/N-ethyl adjacent to an activating group) is 1. The molecule has 4 atom stereocenters. The van der Waals surface area contributed by atoms with E-state index in [9.17, 15) is 0 Å². The van der Waals surface area contributed by atoms with E-state index in [0.717, 1.165) is 44.2 Å². The number of nitrogens with zero attached hydrogens (tertiary/aromatic N) is 3. The van der Waals surface area contributed by atoms with Crippen molar-refractivity contribution in [2.75, 3.05) is 26.7 Å². The molecule has 0 saturated carbocycles. The van der Waals surface area contributed by atoms with Gasteiger partial charge in [-0.2, -0.15) is 4.98 Å². The van der Waals surface area contributed by atoms with E-state index in [0.29, 0.717) is 18.1 Å². The molecule has 0 aliphatic carbocycles. The molecule has 4 unspecified atom stereocenters. The molecule has 1 aromatic heterocycles. The Morgan fingerprint density at radius 2 is 2.32 bits per heavy atom. The third kappa shape index (κ3) is 1.98. The van der Waals surface area contributed by atoms with Crippen LogP contribution in [0, 0.1) is 0 Å². The molecule has 0 amide bonds. The first-order chi connectivity index (χ1) is 9.31. The van der Waals surface area contributed by atoms with Crippen molar-refractivity contribution in [3.8, 4) is 0 Å². The van der Waals surface area contributed by atoms with Gasteiger partial charge in [-0.05, 0) is 26.3 Å². The second-order valence-corrected chi connectivity index (χ2v) is 5.91. The lowest BCUT2D eigenvalue weighted by Crippen LogP contribution is -2.44. The van der Waals surface area contributed by atoms with Gasteiger partial charge in [-0.25, -0.2) is 0 Å². The van der Waals surface area contributed by atoms with Gasteiger partial charge < -0.3 is 14.6 Å². The summed E-state index contributed by atoms with van der Waals surface area (Å²) in [6.07, 6.45) is 4.10. The van der Waals surface area contributed by atoms with Crippen LogP contribution in [0.15, 0.2) is 4.52 Å². The topological polar surface area (TPSA) is 63.4 Å². The van der Waals surface area contributed by atoms with Crippen LogP contribution in [0.5, 0.6) is 0 Å². The summed E-state index contributed by atoms with van der Waals surface area (Å²) >= 11 is 0. The van der Waals surface area contributed by atoms with Crippen LogP contribution in [0.4, 0.5) is 0 Å². The summed E-state index contributed by atoms with van der Waals surface area (Å²) in [5.41, 5.74) is 0. The van der Waals surface area contributed by atoms with Gasteiger partial charge in [-0.15, -0.1) is 0 Å². The minimum absolute atomic E-state index is 0.228. The highest BCUT2D eigenvalue weighted by molar-refractivity contribution is 5.07. The standard InChI is InChI=1S/C13H20N4O2/c1-17-5-4-14-7-10(17)12-15-13(19-16-12)9-6-8-2-3-11(9)18-8/h8-11,14H,2-7H2,1H3. The van der Waals surface area contributed by atoms with Crippen molar-refractivity contribution < 1.29 is 9.26 Å². The fourth-order valence-corrected chi connectivity index (χ4v) is 3.53. The second kappa shape index (κ2) is 4.54. The normalized spacial score (nSPS) is 39.0. The van der Waals surface area contributed by atoms with Crippen molar-refractivity contribution in [2.45, 2.75) is 43.4 Å². The molecule has 1 aromatic rings. The molecule has 0 spiro atoms. The number of piperazine rings is 1. The minimum atomic E-state index is 0.228. The predicted molar refractivity (Wildman–Crippen MR) is 67.8 cm³/mol. The SMILES string of the molecule is CN1CCNCC1c1noc(C2CC3CCC2O3)n1. The first-order valence-corrected chi connectivity index (χ1v) is 7.21. The lowest BCUT2D eigenvalue weighted by molar-refractivity contribution is 0.0974. The molecular formula is C13H20N4O2. The molecule has 104 valence electrons. The van der Waals surface area contributed by atoms with Gasteiger partial charge in [0.2, 0.25) is 5.89 Å². The van der Waals surface area contributed by atoms with Crippen LogP contribution >= 0.6 is 0 Å². The molecule has 0 radical (unpaired) electrons. The van der Waals surface area contributed by atoms with Crippen molar-refractivity contribution in [1.29, 1.82) is 0 Å². The Labute approximate surface area is 112 Å². The molecule has 3 aliphatic heterocycles. The molecule has 6 heteroatoms. The summed E-state index contributed by atoms with van der Waals surface area (Å²) in [7, 11) is 2.11. The van der Waals surface area contributed by atoms with Gasteiger partial charge in [-0.3, -0.25) is 4.90 Å². The smallest absolute Gasteiger partial charge is 0.232 e. The molecule has 19 heavy (non-hydrogen) atoms. The van der Waals surface area contributed by atoms with Crippen LogP contribution in [0.3, 0.4) is 0 Å². The maximum absolute atomic E-state index is 5.86. The average Bonchev–Trinajstić information content (AvgIpc) is 3.15. The van der Waals surface area contributed by atoms with Gasteiger partial charge in [0, 0.05) is 19.6 Å². The summed E-state index contributed by atoms with van der Waals surface area (Å²) in [5.74, 6) is 1.91. The van der Waals surface area contributed by atoms with Crippen LogP contribution in [-0.2, 0) is 4.74 Å². The highest BCUT2D eigenvalue weighted by Crippen LogP contribution is 2.44. The van der Waals surface area contributed by atoms with E-state index in [4.69, 9.17) is 9.26 Å². The second-order valence-electron chi connectivity index (χ2n) is 5.91. The van der Waals surface area contributed by atoms with E-state index in [1.807, 2.05) is 0 Å². The van der Waals surface area contributed by atoms with Crippen LogP contribution < -0.4 is 5.32 Å². The summed E-state index contributed by atoms with van der Waals surface area (Å²) in [5, 5.41) is 7.58. The number of hydrogen-bond acceptors (Lipinski definition) is 6. The average molecular weight is 264 g/mol. The maximum Gasteiger partial charge on any atom is 0.232 e. The van der Waals surface area contributed by atoms with Crippen LogP contribution in [0.25, 0.3) is 0 Å². The number of hydrogen-bond donors (Lipinski definition) is 1. The van der Waals surface area contributed by atoms with Crippen LogP contribution in [0.2, 0.25) is 0 Å². The molecule has 3 saturated heterocycles. The van der Waals surface area contributed by atoms with Gasteiger partial charge in [0.15, 0.2) is 5.82 Å². The van der Waals surface area contributed by atoms with Crippen molar-refractivity contribution in [1.82, 2.24) is 20.4 Å². The molecule has 0 aromatic carbocycles. The lowest BCUT2D eigenvalue weighted by Gasteiger charge is -2.30. The monoisotopic (exact) mass is 264 g/mol. The maximum atomic E-state index is 5.86. The van der Waals surface area contributed by atoms with Gasteiger partial charge in [0.1, 0.15) is 0 Å². The summed E-state index contributed by atoms with van der Waals surface area (Å²) in [4.78, 5) is 6.93. The zero-order valence-corrected chi connectivity index (χ0v) is 11.2. The zero-order valence-electron chi connectivity index (χ0n) is 11.2. The fourth-order valence-electron chi connectivity index (χ4n) is 3.53. The zero-order chi connectivity index (χ0) is 12.8. The van der Waals surface area contributed by atoms with E-state index in [2.05, 4.69) is 27.4 Å². The Hall–Kier alpha value is -0.980. The Balaban J connectivity index is 1.53. The first-order valence-electron chi connectivity index (χ1n) is 7.21. The van der Waals surface area contributed by atoms with Gasteiger partial charge in [0.25, 0.3) is 0 Å². The van der Waals surface area contributed by atoms with Crippen molar-refractivity contribution in [3.63, 3.8) is 0 Å². The van der Waals surface area contributed by atoms with Gasteiger partial charge in [-0.1, -0.05) is 5.16 Å². The summed E-state index contributed by atoms with van der Waals surface area (Å²) < 4.78 is 11.4. The lowest BCUT2D eigenvalue weighted by atomic mass is 9.89. The summed E-state index contributed by atoms with van der Waals surface area (Å²) in [6.45, 7) is 2.94. The molecule has 1 N–H and O–H groups in total. The molecule has 4 rings (SSSR count). The minimum Gasteiger partial charge on any atom is -0.374 e. The van der Waals surface area contributed by atoms with Gasteiger partial charge in [0.05, 0.1) is 24.2 Å². The van der Waals surface area contributed by atoms with E-state index >= 15 is 0 Å². The van der Waals surface area contributed by atoms with E-state index < -0.39 is 0 Å². The number of rotatable bonds is 2. The van der Waals surface area contributed by atoms with Crippen molar-refractivity contribution >= 4 is 0 Å². The molecule has 3 fully saturated rings. The molecular weight excluding hydrogens is 244 g/mol. The molecule has 4 heterocycles. The highest BCUT2D eigenvalue weighted by Gasteiger charge is 2.44. The fraction of sp³-hybridized carbons (Fsp3) is 0.846. The van der Waals surface area contributed by atoms with Crippen LogP contribution in [0.1, 0.15) is 42.9 Å². The predicted octanol–water partition coefficient (Wildman–Crippen LogP) is 0.681. The van der Waals surface area contributed by atoms with E-state index in [1.165, 1.54) is 6.42 Å². The summed E-state index contributed by atoms with van der Waals surface area (Å²) in [6, 6.07) is 0.228. The number of fused-ring (bicyclic) bond motifs is 2. The van der Waals surface area contributed by atoms with Crippen molar-refractivity contribution in [2.24, 2.45) is 0 Å². The Bertz CT molecular complexity index is 447. The third-order valence-corrected chi connectivity index (χ3v) is 4.69. The Morgan fingerprint density at radius 3 is 3.05 bits per heavy atom. The quantitative estimate of drug-likeness (QED) is 0.847. The Morgan fingerprint density at radius 1 is 1.37 bits per heavy atom. The van der Waals surface area contributed by atoms with Crippen LogP contribution in [-0.4, -0.2) is 53.9 Å². The Kier molecular flexibility index (Phi) is 2.82. The highest BCUT2D eigenvalue weighted by atomic mass is 16.5. The number of nitrogens with one attached hydrogen (secondary N) is 1. The number of aromatic nitrogens is 2. The largest absolute Gasteiger partial charge is 0.374 e. The van der Waals surface area contributed by atoms with E-state index in [1.54, 1.807) is 0 Å². The van der Waals surface area contributed by atoms with E-state index in [-0.39, 0.29) is 6.04 Å². The molecule has 6 nitrogen and oxygen atoms in total. The van der Waals surface area contributed by atoms with Gasteiger partial charge >= 0.3 is 0 Å². The van der Waals surface area contributed by atoms with Crippen molar-refractivity contribution in [3.05, 3.63) is 11.7 Å². The molecule has 3 aliphatic rings. The first kappa shape index (κ1) is 11.8.